The maximum atomic E-state index is 4.25. The molecule has 0 radical (unpaired) electrons. The largest absolute Gasteiger partial charge is 0.287 e. The van der Waals surface area contributed by atoms with Crippen LogP contribution in [0.4, 0.5) is 0 Å². The molecule has 1 aliphatic rings. The third-order valence-corrected chi connectivity index (χ3v) is 2.39. The zero-order valence-corrected chi connectivity index (χ0v) is 6.53. The molecule has 0 aromatic carbocycles. The van der Waals surface area contributed by atoms with Crippen molar-refractivity contribution in [2.75, 3.05) is 19.3 Å². The van der Waals surface area contributed by atoms with E-state index < -0.39 is 0 Å². The van der Waals surface area contributed by atoms with E-state index >= 15 is 0 Å². The predicted molar refractivity (Wildman–Crippen MR) is 43.8 cm³/mol. The maximum Gasteiger partial charge on any atom is 0.0891 e. The van der Waals surface area contributed by atoms with Gasteiger partial charge in [0.05, 0.1) is 11.6 Å². The summed E-state index contributed by atoms with van der Waals surface area (Å²) in [4.78, 5) is 8.30. The van der Waals surface area contributed by atoms with Gasteiger partial charge in [0.25, 0.3) is 0 Å². The topological polar surface area (TPSA) is 24.7 Å². The fraction of sp³-hybridized carbons (Fsp3) is 0.667. The van der Waals surface area contributed by atoms with Crippen LogP contribution >= 0.6 is 11.8 Å². The second-order valence-electron chi connectivity index (χ2n) is 1.96. The number of thioether (sulfide) groups is 1. The van der Waals surface area contributed by atoms with Crippen molar-refractivity contribution in [1.29, 1.82) is 0 Å². The summed E-state index contributed by atoms with van der Waals surface area (Å²) in [6, 6.07) is 0. The van der Waals surface area contributed by atoms with E-state index in [4.69, 9.17) is 0 Å². The SMILES string of the molecule is CN=C1CN=C(C)CS1. The van der Waals surface area contributed by atoms with E-state index in [2.05, 4.69) is 16.9 Å². The van der Waals surface area contributed by atoms with Gasteiger partial charge in [-0.1, -0.05) is 0 Å². The smallest absolute Gasteiger partial charge is 0.0891 e. The maximum absolute atomic E-state index is 4.25. The van der Waals surface area contributed by atoms with Crippen LogP contribution < -0.4 is 0 Å². The molecule has 2 nitrogen and oxygen atoms in total. The standard InChI is InChI=1S/C6H10N2S/c1-5-4-9-6(7-2)3-8-5/h3-4H2,1-2H3. The van der Waals surface area contributed by atoms with Gasteiger partial charge >= 0.3 is 0 Å². The molecule has 50 valence electrons. The first-order valence-electron chi connectivity index (χ1n) is 2.91. The quantitative estimate of drug-likeness (QED) is 0.499. The number of nitrogens with zero attached hydrogens (tertiary/aromatic N) is 2. The highest BCUT2D eigenvalue weighted by molar-refractivity contribution is 8.14. The fourth-order valence-corrected chi connectivity index (χ4v) is 1.37. The Labute approximate surface area is 59.5 Å². The molecule has 0 amide bonds. The van der Waals surface area contributed by atoms with E-state index in [1.54, 1.807) is 11.8 Å². The van der Waals surface area contributed by atoms with E-state index in [9.17, 15) is 0 Å². The van der Waals surface area contributed by atoms with Gasteiger partial charge in [-0.15, -0.1) is 11.8 Å². The molecule has 0 bridgehead atoms. The minimum absolute atomic E-state index is 0.799. The van der Waals surface area contributed by atoms with Crippen molar-refractivity contribution in [3.63, 3.8) is 0 Å². The molecule has 0 N–H and O–H groups in total. The van der Waals surface area contributed by atoms with E-state index in [0.717, 1.165) is 17.3 Å². The molecule has 0 fully saturated rings. The molecule has 1 rings (SSSR count). The summed E-state index contributed by atoms with van der Waals surface area (Å²) in [5.74, 6) is 1.02. The summed E-state index contributed by atoms with van der Waals surface area (Å²) in [6.07, 6.45) is 0. The minimum Gasteiger partial charge on any atom is -0.287 e. The van der Waals surface area contributed by atoms with Gasteiger partial charge in [0, 0.05) is 18.5 Å². The van der Waals surface area contributed by atoms with E-state index in [1.165, 1.54) is 5.71 Å². The average Bonchev–Trinajstić information content (AvgIpc) is 1.90. The summed E-state index contributed by atoms with van der Waals surface area (Å²) in [7, 11) is 1.82. The Morgan fingerprint density at radius 1 is 1.67 bits per heavy atom. The summed E-state index contributed by atoms with van der Waals surface area (Å²) < 4.78 is 0. The highest BCUT2D eigenvalue weighted by Gasteiger charge is 2.05. The molecule has 1 aliphatic heterocycles. The van der Waals surface area contributed by atoms with Crippen LogP contribution in [0.2, 0.25) is 0 Å². The van der Waals surface area contributed by atoms with Crippen molar-refractivity contribution in [3.8, 4) is 0 Å². The fourth-order valence-electron chi connectivity index (χ4n) is 0.617. The van der Waals surface area contributed by atoms with Gasteiger partial charge in [-0.25, -0.2) is 0 Å². The Bertz CT molecular complexity index is 160. The Morgan fingerprint density at radius 3 is 2.89 bits per heavy atom. The summed E-state index contributed by atoms with van der Waals surface area (Å²) in [5, 5.41) is 1.15. The number of hydrogen-bond acceptors (Lipinski definition) is 3. The van der Waals surface area contributed by atoms with Crippen LogP contribution in [0.15, 0.2) is 9.98 Å². The lowest BCUT2D eigenvalue weighted by atomic mass is 10.5. The molecule has 0 atom stereocenters. The molecule has 0 unspecified atom stereocenters. The molecule has 3 heteroatoms. The zero-order chi connectivity index (χ0) is 6.69. The van der Waals surface area contributed by atoms with Gasteiger partial charge < -0.3 is 0 Å². The van der Waals surface area contributed by atoms with Crippen molar-refractivity contribution in [2.24, 2.45) is 9.98 Å². The highest BCUT2D eigenvalue weighted by atomic mass is 32.2. The Morgan fingerprint density at radius 2 is 2.44 bits per heavy atom. The number of aliphatic imine (C=N–C) groups is 2. The van der Waals surface area contributed by atoms with Gasteiger partial charge in [-0.2, -0.15) is 0 Å². The lowest BCUT2D eigenvalue weighted by Crippen LogP contribution is -2.11. The Kier molecular flexibility index (Phi) is 2.28. The van der Waals surface area contributed by atoms with Crippen LogP contribution in [-0.2, 0) is 0 Å². The predicted octanol–water partition coefficient (Wildman–Crippen LogP) is 1.22. The van der Waals surface area contributed by atoms with Gasteiger partial charge in [0.1, 0.15) is 0 Å². The van der Waals surface area contributed by atoms with Crippen LogP contribution in [-0.4, -0.2) is 30.1 Å². The first-order chi connectivity index (χ1) is 4.33. The average molecular weight is 142 g/mol. The molecule has 0 saturated heterocycles. The normalized spacial score (nSPS) is 24.2. The van der Waals surface area contributed by atoms with Crippen LogP contribution in [0.5, 0.6) is 0 Å². The van der Waals surface area contributed by atoms with Crippen LogP contribution in [0.25, 0.3) is 0 Å². The Balaban J connectivity index is 2.56. The lowest BCUT2D eigenvalue weighted by molar-refractivity contribution is 1.26. The molecule has 1 heterocycles. The van der Waals surface area contributed by atoms with Crippen LogP contribution in [0, 0.1) is 0 Å². The third-order valence-electron chi connectivity index (χ3n) is 1.18. The number of hydrogen-bond donors (Lipinski definition) is 0. The monoisotopic (exact) mass is 142 g/mol. The lowest BCUT2D eigenvalue weighted by Gasteiger charge is -2.08. The van der Waals surface area contributed by atoms with Gasteiger partial charge in [-0.05, 0) is 6.92 Å². The molecular formula is C6H10N2S. The zero-order valence-electron chi connectivity index (χ0n) is 5.72. The van der Waals surface area contributed by atoms with Crippen LogP contribution in [0.3, 0.4) is 0 Å². The van der Waals surface area contributed by atoms with Crippen LogP contribution in [0.1, 0.15) is 6.92 Å². The van der Waals surface area contributed by atoms with Gasteiger partial charge in [0.15, 0.2) is 0 Å². The van der Waals surface area contributed by atoms with Crippen molar-refractivity contribution in [3.05, 3.63) is 0 Å². The number of rotatable bonds is 0. The summed E-state index contributed by atoms with van der Waals surface area (Å²) in [6.45, 7) is 2.85. The molecule has 9 heavy (non-hydrogen) atoms. The molecule has 0 aromatic rings. The second kappa shape index (κ2) is 3.01. The van der Waals surface area contributed by atoms with Gasteiger partial charge in [0.2, 0.25) is 0 Å². The molecule has 0 spiro atoms. The van der Waals surface area contributed by atoms with E-state index in [1.807, 2.05) is 7.05 Å². The first kappa shape index (κ1) is 6.81. The molecule has 0 saturated carbocycles. The highest BCUT2D eigenvalue weighted by Crippen LogP contribution is 2.09. The van der Waals surface area contributed by atoms with Crippen molar-refractivity contribution in [1.82, 2.24) is 0 Å². The van der Waals surface area contributed by atoms with Gasteiger partial charge in [-0.3, -0.25) is 9.98 Å². The third kappa shape index (κ3) is 1.82. The van der Waals surface area contributed by atoms with Crippen molar-refractivity contribution in [2.45, 2.75) is 6.92 Å². The minimum atomic E-state index is 0.799. The van der Waals surface area contributed by atoms with Crippen molar-refractivity contribution >= 4 is 22.5 Å². The molecule has 0 aromatic heterocycles. The molecule has 0 aliphatic carbocycles. The van der Waals surface area contributed by atoms with E-state index in [0.29, 0.717) is 0 Å². The summed E-state index contributed by atoms with van der Waals surface area (Å²) >= 11 is 1.79. The summed E-state index contributed by atoms with van der Waals surface area (Å²) in [5.41, 5.74) is 1.23. The second-order valence-corrected chi connectivity index (χ2v) is 3.01. The Hall–Kier alpha value is -0.310. The molecular weight excluding hydrogens is 132 g/mol. The van der Waals surface area contributed by atoms with Crippen molar-refractivity contribution < 1.29 is 0 Å². The van der Waals surface area contributed by atoms with E-state index in [-0.39, 0.29) is 0 Å². The first-order valence-corrected chi connectivity index (χ1v) is 3.90.